The van der Waals surface area contributed by atoms with Gasteiger partial charge in [0, 0.05) is 18.3 Å². The summed E-state index contributed by atoms with van der Waals surface area (Å²) in [6, 6.07) is 8.33. The summed E-state index contributed by atoms with van der Waals surface area (Å²) in [5, 5.41) is 15.7. The minimum atomic E-state index is -0.936. The highest BCUT2D eigenvalue weighted by molar-refractivity contribution is 5.97. The summed E-state index contributed by atoms with van der Waals surface area (Å²) in [5.74, 6) is -1.63. The van der Waals surface area contributed by atoms with Crippen molar-refractivity contribution in [2.75, 3.05) is 11.4 Å². The number of anilines is 1. The highest BCUT2D eigenvalue weighted by Gasteiger charge is 2.36. The molecule has 2 N–H and O–H groups in total. The number of amides is 2. The maximum atomic E-state index is 12.2. The quantitative estimate of drug-likeness (QED) is 0.893. The van der Waals surface area contributed by atoms with Gasteiger partial charge in [-0.1, -0.05) is 23.4 Å². The number of benzene rings is 1. The van der Waals surface area contributed by atoms with Crippen molar-refractivity contribution >= 4 is 17.7 Å². The van der Waals surface area contributed by atoms with Crippen molar-refractivity contribution in [3.63, 3.8) is 0 Å². The number of nitrogens with zero attached hydrogens (tertiary/aromatic N) is 2. The highest BCUT2D eigenvalue weighted by Crippen LogP contribution is 2.36. The van der Waals surface area contributed by atoms with Crippen LogP contribution in [0.15, 0.2) is 41.1 Å². The topological polar surface area (TPSA) is 95.7 Å². The number of aliphatic carboxylic acids is 1. The summed E-state index contributed by atoms with van der Waals surface area (Å²) >= 11 is 0. The second-order valence-electron chi connectivity index (χ2n) is 4.71. The molecule has 2 heterocycles. The molecule has 0 bridgehead atoms. The molecule has 21 heavy (non-hydrogen) atoms. The number of aromatic nitrogens is 1. The average molecular weight is 287 g/mol. The molecular formula is C14H13N3O4. The van der Waals surface area contributed by atoms with Gasteiger partial charge in [-0.05, 0) is 11.6 Å². The van der Waals surface area contributed by atoms with Crippen molar-refractivity contribution in [1.82, 2.24) is 10.5 Å². The van der Waals surface area contributed by atoms with E-state index in [2.05, 4.69) is 15.0 Å². The number of carbonyl (C=O) groups is 2. The number of carbonyl (C=O) groups excluding carboxylic acids is 1. The number of hydrogen-bond donors (Lipinski definition) is 2. The van der Waals surface area contributed by atoms with Crippen LogP contribution in [0.5, 0.6) is 0 Å². The first-order valence-corrected chi connectivity index (χ1v) is 6.43. The minimum Gasteiger partial charge on any atom is -0.481 e. The van der Waals surface area contributed by atoms with E-state index in [4.69, 9.17) is 0 Å². The summed E-state index contributed by atoms with van der Waals surface area (Å²) in [6.07, 6.45) is 1.42. The molecule has 0 aliphatic carbocycles. The van der Waals surface area contributed by atoms with Crippen molar-refractivity contribution in [1.29, 1.82) is 0 Å². The third-order valence-electron chi connectivity index (χ3n) is 3.42. The molecule has 0 saturated carbocycles. The Balaban J connectivity index is 1.76. The van der Waals surface area contributed by atoms with E-state index in [1.54, 1.807) is 30.3 Å². The first kappa shape index (κ1) is 13.2. The van der Waals surface area contributed by atoms with E-state index in [1.165, 1.54) is 11.2 Å². The molecule has 3 rings (SSSR count). The number of carboxylic acid groups (broad SMARTS) is 1. The molecule has 0 spiro atoms. The monoisotopic (exact) mass is 287 g/mol. The molecule has 1 unspecified atom stereocenters. The van der Waals surface area contributed by atoms with Crippen LogP contribution < -0.4 is 10.2 Å². The van der Waals surface area contributed by atoms with Gasteiger partial charge in [-0.3, -0.25) is 9.69 Å². The number of para-hydroxylation sites is 1. The second kappa shape index (κ2) is 5.28. The molecule has 2 aromatic rings. The maximum absolute atomic E-state index is 12.2. The fraction of sp³-hybridized carbons (Fsp3) is 0.214. The standard InChI is InChI=1S/C14H13N3O4/c18-13(19)11-8-17(12-4-2-1-3-10(11)12)14(20)15-7-9-5-6-21-16-9/h1-6,11H,7-8H2,(H,15,20)(H,18,19). The second-order valence-corrected chi connectivity index (χ2v) is 4.71. The normalized spacial score (nSPS) is 16.6. The lowest BCUT2D eigenvalue weighted by Crippen LogP contribution is -2.39. The summed E-state index contributed by atoms with van der Waals surface area (Å²) in [6.45, 7) is 0.352. The van der Waals surface area contributed by atoms with Crippen LogP contribution in [0, 0.1) is 0 Å². The zero-order chi connectivity index (χ0) is 14.8. The van der Waals surface area contributed by atoms with Gasteiger partial charge in [0.05, 0.1) is 6.54 Å². The van der Waals surface area contributed by atoms with Gasteiger partial charge in [0.1, 0.15) is 17.9 Å². The van der Waals surface area contributed by atoms with Crippen molar-refractivity contribution in [2.24, 2.45) is 0 Å². The molecule has 0 fully saturated rings. The van der Waals surface area contributed by atoms with Crippen LogP contribution in [-0.4, -0.2) is 28.8 Å². The van der Waals surface area contributed by atoms with E-state index in [9.17, 15) is 14.7 Å². The van der Waals surface area contributed by atoms with Crippen molar-refractivity contribution in [3.8, 4) is 0 Å². The number of hydrogen-bond acceptors (Lipinski definition) is 4. The Labute approximate surface area is 120 Å². The van der Waals surface area contributed by atoms with Gasteiger partial charge in [-0.2, -0.15) is 0 Å². The van der Waals surface area contributed by atoms with Gasteiger partial charge >= 0.3 is 12.0 Å². The number of rotatable bonds is 3. The molecule has 7 nitrogen and oxygen atoms in total. The Morgan fingerprint density at radius 1 is 1.38 bits per heavy atom. The zero-order valence-corrected chi connectivity index (χ0v) is 11.0. The van der Waals surface area contributed by atoms with Crippen molar-refractivity contribution in [3.05, 3.63) is 47.9 Å². The van der Waals surface area contributed by atoms with Crippen LogP contribution in [-0.2, 0) is 11.3 Å². The fourth-order valence-electron chi connectivity index (χ4n) is 2.40. The van der Waals surface area contributed by atoms with Gasteiger partial charge in [-0.15, -0.1) is 0 Å². The Morgan fingerprint density at radius 3 is 2.90 bits per heavy atom. The van der Waals surface area contributed by atoms with Crippen LogP contribution in [0.4, 0.5) is 10.5 Å². The van der Waals surface area contributed by atoms with E-state index in [0.717, 1.165) is 0 Å². The first-order valence-electron chi connectivity index (χ1n) is 6.43. The maximum Gasteiger partial charge on any atom is 0.322 e. The molecule has 1 aromatic carbocycles. The van der Waals surface area contributed by atoms with Gasteiger partial charge in [0.25, 0.3) is 0 Å². The van der Waals surface area contributed by atoms with Crippen LogP contribution in [0.1, 0.15) is 17.2 Å². The Morgan fingerprint density at radius 2 is 2.19 bits per heavy atom. The lowest BCUT2D eigenvalue weighted by Gasteiger charge is -2.17. The summed E-state index contributed by atoms with van der Waals surface area (Å²) < 4.78 is 4.68. The van der Waals surface area contributed by atoms with E-state index < -0.39 is 11.9 Å². The van der Waals surface area contributed by atoms with Crippen LogP contribution in [0.3, 0.4) is 0 Å². The number of nitrogens with one attached hydrogen (secondary N) is 1. The predicted molar refractivity (Wildman–Crippen MR) is 72.9 cm³/mol. The first-order chi connectivity index (χ1) is 10.2. The van der Waals surface area contributed by atoms with Crippen LogP contribution in [0.2, 0.25) is 0 Å². The molecule has 1 aromatic heterocycles. The smallest absolute Gasteiger partial charge is 0.322 e. The molecular weight excluding hydrogens is 274 g/mol. The number of fused-ring (bicyclic) bond motifs is 1. The Hall–Kier alpha value is -2.83. The lowest BCUT2D eigenvalue weighted by molar-refractivity contribution is -0.138. The predicted octanol–water partition coefficient (Wildman–Crippen LogP) is 1.57. The summed E-state index contributed by atoms with van der Waals surface area (Å²) in [4.78, 5) is 25.0. The molecule has 0 saturated heterocycles. The zero-order valence-electron chi connectivity index (χ0n) is 11.0. The molecule has 0 radical (unpaired) electrons. The van der Waals surface area contributed by atoms with Gasteiger partial charge in [0.2, 0.25) is 0 Å². The third kappa shape index (κ3) is 2.45. The molecule has 108 valence electrons. The fourth-order valence-corrected chi connectivity index (χ4v) is 2.40. The number of carboxylic acids is 1. The lowest BCUT2D eigenvalue weighted by atomic mass is 10.0. The molecule has 1 aliphatic rings. The molecule has 1 aliphatic heterocycles. The summed E-state index contributed by atoms with van der Waals surface area (Å²) in [5.41, 5.74) is 1.88. The number of urea groups is 1. The van der Waals surface area contributed by atoms with Crippen LogP contribution in [0.25, 0.3) is 0 Å². The third-order valence-corrected chi connectivity index (χ3v) is 3.42. The van der Waals surface area contributed by atoms with E-state index in [0.29, 0.717) is 16.9 Å². The van der Waals surface area contributed by atoms with E-state index >= 15 is 0 Å². The average Bonchev–Trinajstić information content (AvgIpc) is 3.12. The molecule has 7 heteroatoms. The Kier molecular flexibility index (Phi) is 3.31. The van der Waals surface area contributed by atoms with Gasteiger partial charge in [-0.25, -0.2) is 4.79 Å². The Bertz CT molecular complexity index is 669. The van der Waals surface area contributed by atoms with E-state index in [-0.39, 0.29) is 19.1 Å². The molecule has 2 amide bonds. The van der Waals surface area contributed by atoms with Gasteiger partial charge in [0.15, 0.2) is 0 Å². The van der Waals surface area contributed by atoms with Crippen LogP contribution >= 0.6 is 0 Å². The SMILES string of the molecule is O=C(O)C1CN(C(=O)NCc2ccon2)c2ccccc21. The minimum absolute atomic E-state index is 0.124. The van der Waals surface area contributed by atoms with Crippen molar-refractivity contribution in [2.45, 2.75) is 12.5 Å². The van der Waals surface area contributed by atoms with Gasteiger partial charge < -0.3 is 14.9 Å². The molecule has 1 atom stereocenters. The highest BCUT2D eigenvalue weighted by atomic mass is 16.5. The van der Waals surface area contributed by atoms with E-state index in [1.807, 2.05) is 0 Å². The summed E-state index contributed by atoms with van der Waals surface area (Å²) in [7, 11) is 0. The largest absolute Gasteiger partial charge is 0.481 e. The van der Waals surface area contributed by atoms with Crippen molar-refractivity contribution < 1.29 is 19.2 Å².